The molecule has 6 heteroatoms. The van der Waals surface area contributed by atoms with E-state index in [1.54, 1.807) is 0 Å². The molecule has 0 aromatic heterocycles. The Labute approximate surface area is 84.9 Å². The van der Waals surface area contributed by atoms with Crippen LogP contribution < -0.4 is 5.43 Å². The van der Waals surface area contributed by atoms with Gasteiger partial charge in [-0.1, -0.05) is 0 Å². The molecule has 1 aliphatic heterocycles. The molecule has 0 aromatic carbocycles. The Hall–Kier alpha value is 0.760. The zero-order valence-corrected chi connectivity index (χ0v) is 9.18. The number of nitrogens with zero attached hydrogens (tertiary/aromatic N) is 2. The fraction of sp³-hybridized carbons (Fsp3) is 0. The van der Waals surface area contributed by atoms with Gasteiger partial charge in [0, 0.05) is 6.08 Å². The summed E-state index contributed by atoms with van der Waals surface area (Å²) in [6, 6.07) is 0. The maximum absolute atomic E-state index is 5.49. The van der Waals surface area contributed by atoms with Crippen LogP contribution in [0, 0.1) is 0 Å². The van der Waals surface area contributed by atoms with E-state index in [1.165, 1.54) is 0 Å². The van der Waals surface area contributed by atoms with Crippen molar-refractivity contribution in [1.82, 2.24) is 10.1 Å². The van der Waals surface area contributed by atoms with Crippen molar-refractivity contribution in [3.8, 4) is 0 Å². The Balaban J connectivity index is 2.74. The number of hydrogen-bond acceptors (Lipinski definition) is 3. The minimum atomic E-state index is 0.866. The molecule has 0 aromatic rings. The summed E-state index contributed by atoms with van der Waals surface area (Å²) in [6.07, 6.45) is 1.89. The highest BCUT2D eigenvalue weighted by atomic mass is 127. The Morgan fingerprint density at radius 3 is 2.78 bits per heavy atom. The van der Waals surface area contributed by atoms with Crippen LogP contribution in [0.1, 0.15) is 0 Å². The summed E-state index contributed by atoms with van der Waals surface area (Å²) in [4.78, 5) is 0. The van der Waals surface area contributed by atoms with E-state index >= 15 is 0 Å². The lowest BCUT2D eigenvalue weighted by Gasteiger charge is -2.15. The van der Waals surface area contributed by atoms with E-state index < -0.39 is 0 Å². The normalized spacial score (nSPS) is 18.3. The minimum Gasteiger partial charge on any atom is -0.261 e. The van der Waals surface area contributed by atoms with Crippen molar-refractivity contribution < 1.29 is 0 Å². The smallest absolute Gasteiger partial charge is 0.127 e. The SMILES string of the molecule is ClN1N=C(I)C=C(I)N1. The van der Waals surface area contributed by atoms with E-state index in [9.17, 15) is 0 Å². The predicted octanol–water partition coefficient (Wildman–Crippen LogP) is 1.99. The molecule has 1 heterocycles. The Morgan fingerprint density at radius 2 is 2.33 bits per heavy atom. The van der Waals surface area contributed by atoms with Crippen LogP contribution in [0.4, 0.5) is 0 Å². The first kappa shape index (κ1) is 7.86. The molecule has 0 radical (unpaired) electrons. The molecule has 0 aliphatic carbocycles. The van der Waals surface area contributed by atoms with Gasteiger partial charge in [0.25, 0.3) is 0 Å². The number of hydrazine groups is 1. The van der Waals surface area contributed by atoms with Crippen LogP contribution in [-0.2, 0) is 0 Å². The highest BCUT2D eigenvalue weighted by Gasteiger charge is 2.04. The molecule has 9 heavy (non-hydrogen) atoms. The summed E-state index contributed by atoms with van der Waals surface area (Å²) in [5, 5.41) is 3.84. The Kier molecular flexibility index (Phi) is 2.83. The number of hydrogen-bond donors (Lipinski definition) is 1. The van der Waals surface area contributed by atoms with Gasteiger partial charge in [0.2, 0.25) is 0 Å². The van der Waals surface area contributed by atoms with Gasteiger partial charge in [-0.05, 0) is 45.2 Å². The number of hydrazone groups is 1. The summed E-state index contributed by atoms with van der Waals surface area (Å²) in [5.41, 5.74) is 2.76. The van der Waals surface area contributed by atoms with Crippen LogP contribution in [0.15, 0.2) is 14.9 Å². The third-order valence-corrected chi connectivity index (χ3v) is 1.87. The summed E-state index contributed by atoms with van der Waals surface area (Å²) < 4.78 is 2.98. The average Bonchev–Trinajstić information content (AvgIpc) is 1.59. The van der Waals surface area contributed by atoms with Crippen molar-refractivity contribution in [2.24, 2.45) is 5.10 Å². The van der Waals surface area contributed by atoms with Gasteiger partial charge < -0.3 is 0 Å². The van der Waals surface area contributed by atoms with Crippen molar-refractivity contribution in [2.75, 3.05) is 0 Å². The topological polar surface area (TPSA) is 27.6 Å². The lowest BCUT2D eigenvalue weighted by atomic mass is 10.7. The van der Waals surface area contributed by atoms with E-state index in [0.717, 1.165) is 12.1 Å². The second-order valence-electron chi connectivity index (χ2n) is 1.29. The van der Waals surface area contributed by atoms with Crippen molar-refractivity contribution in [1.29, 1.82) is 0 Å². The quantitative estimate of drug-likeness (QED) is 0.402. The van der Waals surface area contributed by atoms with Gasteiger partial charge in [-0.25, -0.2) is 0 Å². The molecule has 0 fully saturated rings. The van der Waals surface area contributed by atoms with Crippen LogP contribution in [0.5, 0.6) is 0 Å². The van der Waals surface area contributed by atoms with Crippen molar-refractivity contribution in [3.63, 3.8) is 0 Å². The molecule has 0 bridgehead atoms. The Bertz CT molecular complexity index is 178. The second-order valence-corrected chi connectivity index (χ2v) is 3.87. The van der Waals surface area contributed by atoms with E-state index in [1.807, 2.05) is 6.08 Å². The standard InChI is InChI=1S/C3H2ClI2N3/c4-9-7-2(5)1-3(6)8-9/h1,7H. The first-order valence-electron chi connectivity index (χ1n) is 2.02. The first-order valence-corrected chi connectivity index (χ1v) is 4.52. The van der Waals surface area contributed by atoms with Gasteiger partial charge in [-0.3, -0.25) is 5.43 Å². The van der Waals surface area contributed by atoms with Gasteiger partial charge in [-0.15, -0.1) is 9.74 Å². The van der Waals surface area contributed by atoms with Crippen LogP contribution in [-0.4, -0.2) is 8.36 Å². The summed E-state index contributed by atoms with van der Waals surface area (Å²) in [7, 11) is 0. The van der Waals surface area contributed by atoms with Gasteiger partial charge in [0.1, 0.15) is 3.72 Å². The van der Waals surface area contributed by atoms with Crippen molar-refractivity contribution in [3.05, 3.63) is 9.78 Å². The molecule has 0 saturated heterocycles. The van der Waals surface area contributed by atoms with Crippen LogP contribution in [0.25, 0.3) is 0 Å². The molecule has 0 spiro atoms. The second kappa shape index (κ2) is 3.24. The molecule has 0 atom stereocenters. The molecule has 0 amide bonds. The highest BCUT2D eigenvalue weighted by molar-refractivity contribution is 14.1. The monoisotopic (exact) mass is 369 g/mol. The summed E-state index contributed by atoms with van der Waals surface area (Å²) in [5.74, 6) is 0. The molecule has 1 aliphatic rings. The number of nitrogens with one attached hydrogen (secondary N) is 1. The third kappa shape index (κ3) is 2.46. The molecule has 50 valence electrons. The highest BCUT2D eigenvalue weighted by Crippen LogP contribution is 2.12. The minimum absolute atomic E-state index is 0.866. The van der Waals surface area contributed by atoms with Crippen molar-refractivity contribution >= 4 is 60.7 Å². The molecule has 3 nitrogen and oxygen atoms in total. The average molecular weight is 369 g/mol. The molecule has 1 rings (SSSR count). The number of halogens is 3. The van der Waals surface area contributed by atoms with Crippen molar-refractivity contribution in [2.45, 2.75) is 0 Å². The zero-order valence-electron chi connectivity index (χ0n) is 4.11. The van der Waals surface area contributed by atoms with E-state index in [-0.39, 0.29) is 0 Å². The van der Waals surface area contributed by atoms with E-state index in [4.69, 9.17) is 11.8 Å². The van der Waals surface area contributed by atoms with Crippen LogP contribution in [0.2, 0.25) is 0 Å². The van der Waals surface area contributed by atoms with Gasteiger partial charge in [0.15, 0.2) is 0 Å². The fourth-order valence-electron chi connectivity index (χ4n) is 0.363. The number of allylic oxidation sites excluding steroid dienone is 1. The Morgan fingerprint density at radius 1 is 1.67 bits per heavy atom. The molecule has 0 saturated carbocycles. The van der Waals surface area contributed by atoms with Gasteiger partial charge in [0.05, 0.1) is 15.5 Å². The number of rotatable bonds is 0. The first-order chi connectivity index (χ1) is 4.18. The molecular weight excluding hydrogens is 367 g/mol. The predicted molar refractivity (Wildman–Crippen MR) is 54.4 cm³/mol. The lowest BCUT2D eigenvalue weighted by Crippen LogP contribution is -2.25. The zero-order chi connectivity index (χ0) is 6.85. The van der Waals surface area contributed by atoms with Crippen LogP contribution >= 0.6 is 57.0 Å². The largest absolute Gasteiger partial charge is 0.261 e. The third-order valence-electron chi connectivity index (χ3n) is 0.628. The van der Waals surface area contributed by atoms with Gasteiger partial charge >= 0.3 is 0 Å². The van der Waals surface area contributed by atoms with Gasteiger partial charge in [-0.2, -0.15) is 0 Å². The molecule has 1 N–H and O–H groups in total. The molecule has 0 unspecified atom stereocenters. The van der Waals surface area contributed by atoms with Crippen LogP contribution in [0.3, 0.4) is 0 Å². The summed E-state index contributed by atoms with van der Waals surface area (Å²) in [6.45, 7) is 0. The lowest BCUT2D eigenvalue weighted by molar-refractivity contribution is 0.411. The fourth-order valence-corrected chi connectivity index (χ4v) is 2.45. The maximum atomic E-state index is 5.49. The van der Waals surface area contributed by atoms with E-state index in [0.29, 0.717) is 0 Å². The summed E-state index contributed by atoms with van der Waals surface area (Å²) >= 11 is 9.71. The van der Waals surface area contributed by atoms with E-state index in [2.05, 4.69) is 55.7 Å². The maximum Gasteiger partial charge on any atom is 0.127 e. The molecular formula is C3H2ClI2N3.